The van der Waals surface area contributed by atoms with E-state index in [1.165, 1.54) is 44.2 Å². The molecule has 10 rings (SSSR count). The number of allylic oxidation sites excluding steroid dienone is 4. The van der Waals surface area contributed by atoms with Gasteiger partial charge in [-0.05, 0) is 108 Å². The fourth-order valence-corrected chi connectivity index (χ4v) is 7.78. The summed E-state index contributed by atoms with van der Waals surface area (Å²) in [6.07, 6.45) is 8.80. The van der Waals surface area contributed by atoms with Gasteiger partial charge < -0.3 is 13.9 Å². The highest BCUT2D eigenvalue weighted by Gasteiger charge is 2.18. The summed E-state index contributed by atoms with van der Waals surface area (Å²) in [7, 11) is 0. The van der Waals surface area contributed by atoms with Gasteiger partial charge >= 0.3 is 0 Å². The van der Waals surface area contributed by atoms with Crippen LogP contribution < -0.4 is 4.90 Å². The lowest BCUT2D eigenvalue weighted by molar-refractivity contribution is 0.669. The summed E-state index contributed by atoms with van der Waals surface area (Å²) in [5, 5.41) is 4.78. The van der Waals surface area contributed by atoms with Crippen LogP contribution in [0.15, 0.2) is 186 Å². The van der Waals surface area contributed by atoms with Crippen molar-refractivity contribution in [2.24, 2.45) is 0 Å². The minimum atomic E-state index is 0.870. The summed E-state index contributed by atoms with van der Waals surface area (Å²) >= 11 is 0. The molecule has 0 amide bonds. The smallest absolute Gasteiger partial charge is 0.137 e. The van der Waals surface area contributed by atoms with Crippen LogP contribution in [0.1, 0.15) is 12.8 Å². The first-order valence-corrected chi connectivity index (χ1v) is 17.7. The van der Waals surface area contributed by atoms with Crippen LogP contribution in [0.5, 0.6) is 0 Å². The second-order valence-electron chi connectivity index (χ2n) is 13.3. The van der Waals surface area contributed by atoms with E-state index in [-0.39, 0.29) is 0 Å². The molecular weight excluding hydrogens is 621 g/mol. The molecule has 0 N–H and O–H groups in total. The average Bonchev–Trinajstić information content (AvgIpc) is 3.74. The van der Waals surface area contributed by atoms with Crippen LogP contribution >= 0.6 is 0 Å². The van der Waals surface area contributed by atoms with E-state index < -0.39 is 0 Å². The maximum Gasteiger partial charge on any atom is 0.137 e. The molecule has 2 heterocycles. The molecule has 242 valence electrons. The number of benzene rings is 7. The van der Waals surface area contributed by atoms with E-state index in [1.54, 1.807) is 0 Å². The van der Waals surface area contributed by atoms with Gasteiger partial charge in [0.15, 0.2) is 0 Å². The number of hydrogen-bond donors (Lipinski definition) is 0. The van der Waals surface area contributed by atoms with Gasteiger partial charge in [0.1, 0.15) is 11.2 Å². The zero-order valence-electron chi connectivity index (χ0n) is 28.0. The Labute approximate surface area is 296 Å². The lowest BCUT2D eigenvalue weighted by atomic mass is 10.0. The molecule has 0 radical (unpaired) electrons. The Balaban J connectivity index is 1.05. The lowest BCUT2D eigenvalue weighted by Crippen LogP contribution is -2.09. The van der Waals surface area contributed by atoms with Gasteiger partial charge in [0, 0.05) is 50.4 Å². The van der Waals surface area contributed by atoms with Crippen LogP contribution in [0.25, 0.3) is 71.7 Å². The lowest BCUT2D eigenvalue weighted by Gasteiger charge is -2.25. The normalized spacial score (nSPS) is 13.0. The minimum absolute atomic E-state index is 0.870. The molecule has 3 nitrogen and oxygen atoms in total. The second-order valence-corrected chi connectivity index (χ2v) is 13.3. The van der Waals surface area contributed by atoms with Crippen molar-refractivity contribution in [1.82, 2.24) is 4.57 Å². The first-order valence-electron chi connectivity index (χ1n) is 17.7. The van der Waals surface area contributed by atoms with Crippen LogP contribution in [0.3, 0.4) is 0 Å². The fraction of sp³-hybridized carbons (Fsp3) is 0.0417. The van der Waals surface area contributed by atoms with Crippen molar-refractivity contribution in [2.75, 3.05) is 4.90 Å². The fourth-order valence-electron chi connectivity index (χ4n) is 7.78. The Morgan fingerprint density at radius 1 is 0.451 bits per heavy atom. The highest BCUT2D eigenvalue weighted by molar-refractivity contribution is 6.12. The number of rotatable bonds is 6. The molecule has 2 aromatic heterocycles. The van der Waals surface area contributed by atoms with Crippen LogP contribution in [0, 0.1) is 0 Å². The highest BCUT2D eigenvalue weighted by atomic mass is 16.3. The van der Waals surface area contributed by atoms with Crippen molar-refractivity contribution in [2.45, 2.75) is 12.8 Å². The first-order chi connectivity index (χ1) is 25.3. The predicted octanol–water partition coefficient (Wildman–Crippen LogP) is 13.7. The quantitative estimate of drug-likeness (QED) is 0.178. The summed E-state index contributed by atoms with van der Waals surface area (Å²) in [5.41, 5.74) is 13.6. The van der Waals surface area contributed by atoms with Gasteiger partial charge in [-0.15, -0.1) is 0 Å². The number of furan rings is 1. The summed E-state index contributed by atoms with van der Waals surface area (Å²) < 4.78 is 9.09. The molecule has 51 heavy (non-hydrogen) atoms. The van der Waals surface area contributed by atoms with Crippen molar-refractivity contribution in [3.05, 3.63) is 182 Å². The topological polar surface area (TPSA) is 21.3 Å². The van der Waals surface area contributed by atoms with Crippen molar-refractivity contribution < 1.29 is 4.42 Å². The van der Waals surface area contributed by atoms with Crippen molar-refractivity contribution in [3.8, 4) is 22.3 Å². The maximum absolute atomic E-state index is 6.65. The minimum Gasteiger partial charge on any atom is -0.456 e. The van der Waals surface area contributed by atoms with Gasteiger partial charge in [0.2, 0.25) is 0 Å². The van der Waals surface area contributed by atoms with Crippen LogP contribution in [0.2, 0.25) is 0 Å². The third-order valence-corrected chi connectivity index (χ3v) is 10.2. The molecule has 9 aromatic rings. The Kier molecular flexibility index (Phi) is 6.95. The molecule has 1 aliphatic rings. The molecule has 3 heteroatoms. The van der Waals surface area contributed by atoms with E-state index in [2.05, 4.69) is 191 Å². The molecule has 1 aliphatic carbocycles. The molecule has 7 aromatic carbocycles. The van der Waals surface area contributed by atoms with Crippen molar-refractivity contribution in [3.63, 3.8) is 0 Å². The molecule has 0 unspecified atom stereocenters. The molecule has 0 saturated carbocycles. The zero-order valence-corrected chi connectivity index (χ0v) is 28.0. The predicted molar refractivity (Wildman–Crippen MR) is 215 cm³/mol. The Morgan fingerprint density at radius 2 is 1.06 bits per heavy atom. The van der Waals surface area contributed by atoms with Crippen LogP contribution in [-0.4, -0.2) is 4.57 Å². The van der Waals surface area contributed by atoms with Gasteiger partial charge in [-0.1, -0.05) is 103 Å². The third-order valence-electron chi connectivity index (χ3n) is 10.2. The number of nitrogens with zero attached hydrogens (tertiary/aromatic N) is 2. The number of hydrogen-bond acceptors (Lipinski definition) is 2. The van der Waals surface area contributed by atoms with Gasteiger partial charge in [-0.25, -0.2) is 0 Å². The Morgan fingerprint density at radius 3 is 1.86 bits per heavy atom. The molecule has 0 spiro atoms. The van der Waals surface area contributed by atoms with Gasteiger partial charge in [-0.3, -0.25) is 0 Å². The molecule has 0 bridgehead atoms. The van der Waals surface area contributed by atoms with Crippen molar-refractivity contribution in [1.29, 1.82) is 0 Å². The zero-order chi connectivity index (χ0) is 33.7. The van der Waals surface area contributed by atoms with Crippen molar-refractivity contribution >= 4 is 66.5 Å². The molecular formula is C48H34N2O. The molecule has 0 saturated heterocycles. The Hall–Kier alpha value is -6.58. The number of fused-ring (bicyclic) bond motifs is 6. The van der Waals surface area contributed by atoms with Gasteiger partial charge in [-0.2, -0.15) is 0 Å². The number of anilines is 3. The average molecular weight is 655 g/mol. The van der Waals surface area contributed by atoms with E-state index in [1.807, 2.05) is 0 Å². The van der Waals surface area contributed by atoms with Gasteiger partial charge in [0.05, 0.1) is 11.0 Å². The number of para-hydroxylation sites is 2. The van der Waals surface area contributed by atoms with Crippen LogP contribution in [0.4, 0.5) is 17.1 Å². The van der Waals surface area contributed by atoms with E-state index in [4.69, 9.17) is 4.42 Å². The summed E-state index contributed by atoms with van der Waals surface area (Å²) in [6.45, 7) is 0. The van der Waals surface area contributed by atoms with E-state index in [0.29, 0.717) is 0 Å². The van der Waals surface area contributed by atoms with Crippen LogP contribution in [-0.2, 0) is 0 Å². The summed E-state index contributed by atoms with van der Waals surface area (Å²) in [5.74, 6) is 0. The van der Waals surface area contributed by atoms with E-state index in [0.717, 1.165) is 57.4 Å². The standard InChI is InChI=1S/C48H34N2O/c1-4-12-33(13-5-1)34-20-24-39(25-21-34)49(37-14-6-2-7-15-37)40-26-28-43-42-27-22-36(31-47(42)51-48(43)32-40)35-23-29-46-44(30-35)41-18-10-11-19-45(41)50(46)38-16-8-3-9-17-38/h1-8,10-16,18-32H,9,17H2. The SMILES string of the molecule is C1=CCCC(n2c3ccccc3c3cc(-c4ccc5c(c4)oc4cc(N(c6ccccc6)c6ccc(-c7ccccc7)cc6)ccc45)ccc32)=C1. The monoisotopic (exact) mass is 654 g/mol. The number of aromatic nitrogens is 1. The Bertz CT molecular complexity index is 2780. The van der Waals surface area contributed by atoms with E-state index >= 15 is 0 Å². The third kappa shape index (κ3) is 5.05. The molecule has 0 atom stereocenters. The molecule has 0 aliphatic heterocycles. The largest absolute Gasteiger partial charge is 0.456 e. The summed E-state index contributed by atoms with van der Waals surface area (Å²) in [6, 6.07) is 58.7. The maximum atomic E-state index is 6.65. The summed E-state index contributed by atoms with van der Waals surface area (Å²) in [4.78, 5) is 2.29. The molecule has 0 fully saturated rings. The van der Waals surface area contributed by atoms with Gasteiger partial charge in [0.25, 0.3) is 0 Å². The van der Waals surface area contributed by atoms with E-state index in [9.17, 15) is 0 Å². The highest BCUT2D eigenvalue weighted by Crippen LogP contribution is 2.41. The second kappa shape index (κ2) is 12.1. The first kappa shape index (κ1) is 29.3.